The van der Waals surface area contributed by atoms with E-state index in [0.717, 1.165) is 10.9 Å². The number of thiophene rings is 1. The summed E-state index contributed by atoms with van der Waals surface area (Å²) in [6, 6.07) is 7.86. The number of benzene rings is 1. The van der Waals surface area contributed by atoms with Crippen molar-refractivity contribution in [1.29, 1.82) is 0 Å². The summed E-state index contributed by atoms with van der Waals surface area (Å²) >= 11 is 1.65. The molecule has 0 saturated carbocycles. The first-order valence-electron chi connectivity index (χ1n) is 5.76. The number of nitrogens with two attached hydrogens (primary N) is 1. The van der Waals surface area contributed by atoms with Crippen LogP contribution >= 0.6 is 11.3 Å². The SMILES string of the molecule is NC(CCOCC(F)F)c1csc2ccccc12. The van der Waals surface area contributed by atoms with Crippen LogP contribution in [0.3, 0.4) is 0 Å². The standard InChI is InChI=1S/C13H15F2NOS/c14-13(15)7-17-6-5-11(16)10-8-18-12-4-2-1-3-9(10)12/h1-4,8,11,13H,5-7,16H2. The lowest BCUT2D eigenvalue weighted by molar-refractivity contribution is 0.0152. The van der Waals surface area contributed by atoms with E-state index >= 15 is 0 Å². The molecule has 1 atom stereocenters. The Labute approximate surface area is 108 Å². The van der Waals surface area contributed by atoms with Crippen molar-refractivity contribution in [3.8, 4) is 0 Å². The van der Waals surface area contributed by atoms with E-state index in [9.17, 15) is 8.78 Å². The highest BCUT2D eigenvalue weighted by molar-refractivity contribution is 7.17. The van der Waals surface area contributed by atoms with Gasteiger partial charge in [0.25, 0.3) is 6.43 Å². The summed E-state index contributed by atoms with van der Waals surface area (Å²) in [5.41, 5.74) is 7.13. The van der Waals surface area contributed by atoms with Gasteiger partial charge in [-0.25, -0.2) is 8.78 Å². The zero-order valence-electron chi connectivity index (χ0n) is 9.81. The van der Waals surface area contributed by atoms with Crippen LogP contribution in [0.5, 0.6) is 0 Å². The van der Waals surface area contributed by atoms with Gasteiger partial charge in [0, 0.05) is 17.3 Å². The second-order valence-corrected chi connectivity index (χ2v) is 4.96. The van der Waals surface area contributed by atoms with E-state index in [-0.39, 0.29) is 12.6 Å². The van der Waals surface area contributed by atoms with Gasteiger partial charge in [-0.3, -0.25) is 0 Å². The summed E-state index contributed by atoms with van der Waals surface area (Å²) < 4.78 is 29.8. The van der Waals surface area contributed by atoms with Crippen molar-refractivity contribution in [2.45, 2.75) is 18.9 Å². The Bertz CT molecular complexity index is 500. The molecule has 2 nitrogen and oxygen atoms in total. The van der Waals surface area contributed by atoms with E-state index in [4.69, 9.17) is 10.5 Å². The first kappa shape index (κ1) is 13.4. The molecular formula is C13H15F2NOS. The number of fused-ring (bicyclic) bond motifs is 1. The van der Waals surface area contributed by atoms with Crippen molar-refractivity contribution in [3.05, 3.63) is 35.2 Å². The molecule has 0 bridgehead atoms. The second-order valence-electron chi connectivity index (χ2n) is 4.05. The maximum absolute atomic E-state index is 11.9. The Morgan fingerprint density at radius 1 is 1.28 bits per heavy atom. The number of hydrogen-bond donors (Lipinski definition) is 1. The number of hydrogen-bond acceptors (Lipinski definition) is 3. The van der Waals surface area contributed by atoms with Gasteiger partial charge < -0.3 is 10.5 Å². The molecule has 0 fully saturated rings. The number of rotatable bonds is 6. The largest absolute Gasteiger partial charge is 0.375 e. The number of ether oxygens (including phenoxy) is 1. The third-order valence-electron chi connectivity index (χ3n) is 2.73. The Kier molecular flexibility index (Phi) is 4.63. The highest BCUT2D eigenvalue weighted by atomic mass is 32.1. The van der Waals surface area contributed by atoms with E-state index in [1.165, 1.54) is 4.70 Å². The van der Waals surface area contributed by atoms with Crippen LogP contribution in [0, 0.1) is 0 Å². The summed E-state index contributed by atoms with van der Waals surface area (Å²) in [5.74, 6) is 0. The zero-order chi connectivity index (χ0) is 13.0. The minimum atomic E-state index is -2.41. The lowest BCUT2D eigenvalue weighted by Crippen LogP contribution is -2.14. The van der Waals surface area contributed by atoms with E-state index in [0.29, 0.717) is 6.42 Å². The average Bonchev–Trinajstić information content (AvgIpc) is 2.78. The summed E-state index contributed by atoms with van der Waals surface area (Å²) in [7, 11) is 0. The highest BCUT2D eigenvalue weighted by Gasteiger charge is 2.12. The minimum absolute atomic E-state index is 0.168. The van der Waals surface area contributed by atoms with Crippen LogP contribution < -0.4 is 5.73 Å². The van der Waals surface area contributed by atoms with Crippen LogP contribution in [-0.2, 0) is 4.74 Å². The average molecular weight is 271 g/mol. The Morgan fingerprint density at radius 3 is 2.83 bits per heavy atom. The third kappa shape index (κ3) is 3.25. The number of halogens is 2. The van der Waals surface area contributed by atoms with Crippen molar-refractivity contribution in [2.24, 2.45) is 5.73 Å². The first-order chi connectivity index (χ1) is 8.68. The van der Waals surface area contributed by atoms with Crippen molar-refractivity contribution < 1.29 is 13.5 Å². The maximum atomic E-state index is 11.9. The van der Waals surface area contributed by atoms with Gasteiger partial charge in [0.15, 0.2) is 0 Å². The molecule has 1 heterocycles. The molecule has 0 spiro atoms. The summed E-state index contributed by atoms with van der Waals surface area (Å²) in [6.45, 7) is -0.257. The first-order valence-corrected chi connectivity index (χ1v) is 6.64. The predicted molar refractivity (Wildman–Crippen MR) is 70.2 cm³/mol. The fraction of sp³-hybridized carbons (Fsp3) is 0.385. The van der Waals surface area contributed by atoms with Crippen molar-refractivity contribution in [2.75, 3.05) is 13.2 Å². The summed E-state index contributed by atoms with van der Waals surface area (Å²) in [6.07, 6.45) is -1.86. The molecule has 0 aliphatic carbocycles. The predicted octanol–water partition coefficient (Wildman–Crippen LogP) is 3.57. The quantitative estimate of drug-likeness (QED) is 0.815. The monoisotopic (exact) mass is 271 g/mol. The zero-order valence-corrected chi connectivity index (χ0v) is 10.6. The van der Waals surface area contributed by atoms with Crippen LogP contribution in [0.25, 0.3) is 10.1 Å². The van der Waals surface area contributed by atoms with E-state index in [1.54, 1.807) is 11.3 Å². The Morgan fingerprint density at radius 2 is 2.06 bits per heavy atom. The molecule has 1 aromatic carbocycles. The molecular weight excluding hydrogens is 256 g/mol. The van der Waals surface area contributed by atoms with Crippen LogP contribution in [0.2, 0.25) is 0 Å². The maximum Gasteiger partial charge on any atom is 0.261 e. The molecule has 1 aromatic heterocycles. The van der Waals surface area contributed by atoms with Crippen molar-refractivity contribution in [1.82, 2.24) is 0 Å². The molecule has 0 amide bonds. The van der Waals surface area contributed by atoms with E-state index < -0.39 is 13.0 Å². The molecule has 18 heavy (non-hydrogen) atoms. The van der Waals surface area contributed by atoms with Crippen molar-refractivity contribution in [3.63, 3.8) is 0 Å². The topological polar surface area (TPSA) is 35.2 Å². The molecule has 0 aliphatic rings. The van der Waals surface area contributed by atoms with Gasteiger partial charge in [-0.05, 0) is 28.8 Å². The van der Waals surface area contributed by atoms with E-state index in [2.05, 4.69) is 0 Å². The number of alkyl halides is 2. The molecule has 0 aliphatic heterocycles. The Balaban J connectivity index is 1.94. The molecule has 2 rings (SSSR count). The Hall–Kier alpha value is -1.04. The van der Waals surface area contributed by atoms with Crippen LogP contribution in [0.4, 0.5) is 8.78 Å². The van der Waals surface area contributed by atoms with E-state index in [1.807, 2.05) is 29.6 Å². The lowest BCUT2D eigenvalue weighted by atomic mass is 10.0. The normalized spacial score (nSPS) is 13.3. The minimum Gasteiger partial charge on any atom is -0.375 e. The van der Waals surface area contributed by atoms with Crippen LogP contribution in [0.15, 0.2) is 29.6 Å². The van der Waals surface area contributed by atoms with Crippen LogP contribution in [-0.4, -0.2) is 19.6 Å². The van der Waals surface area contributed by atoms with Gasteiger partial charge in [-0.2, -0.15) is 0 Å². The van der Waals surface area contributed by atoms with Crippen molar-refractivity contribution >= 4 is 21.4 Å². The smallest absolute Gasteiger partial charge is 0.261 e. The third-order valence-corrected chi connectivity index (χ3v) is 3.71. The molecule has 0 radical (unpaired) electrons. The molecule has 2 N–H and O–H groups in total. The molecule has 0 saturated heterocycles. The molecule has 2 aromatic rings. The van der Waals surface area contributed by atoms with Gasteiger partial charge >= 0.3 is 0 Å². The molecule has 98 valence electrons. The fourth-order valence-corrected chi connectivity index (χ4v) is 2.85. The van der Waals surface area contributed by atoms with Crippen LogP contribution in [0.1, 0.15) is 18.0 Å². The molecule has 1 unspecified atom stereocenters. The summed E-state index contributed by atoms with van der Waals surface area (Å²) in [4.78, 5) is 0. The van der Waals surface area contributed by atoms with Gasteiger partial charge in [-0.1, -0.05) is 18.2 Å². The highest BCUT2D eigenvalue weighted by Crippen LogP contribution is 2.30. The molecule has 5 heteroatoms. The summed E-state index contributed by atoms with van der Waals surface area (Å²) in [5, 5.41) is 3.17. The van der Waals surface area contributed by atoms with Gasteiger partial charge in [0.1, 0.15) is 6.61 Å². The van der Waals surface area contributed by atoms with Gasteiger partial charge in [0.05, 0.1) is 0 Å². The fourth-order valence-electron chi connectivity index (χ4n) is 1.82. The van der Waals surface area contributed by atoms with Gasteiger partial charge in [-0.15, -0.1) is 11.3 Å². The lowest BCUT2D eigenvalue weighted by Gasteiger charge is -2.11. The second kappa shape index (κ2) is 6.22. The van der Waals surface area contributed by atoms with Gasteiger partial charge in [0.2, 0.25) is 0 Å².